The molecule has 0 bridgehead atoms. The van der Waals surface area contributed by atoms with Crippen LogP contribution in [0, 0.1) is 11.3 Å². The molecule has 98 valence electrons. The van der Waals surface area contributed by atoms with Crippen molar-refractivity contribution in [2.75, 3.05) is 26.3 Å². The molecule has 0 aliphatic carbocycles. The maximum Gasteiger partial charge on any atom is 0.137 e. The van der Waals surface area contributed by atoms with Crippen LogP contribution in [0.5, 0.6) is 5.75 Å². The van der Waals surface area contributed by atoms with Crippen LogP contribution in [-0.4, -0.2) is 42.0 Å². The molecule has 3 rings (SSSR count). The van der Waals surface area contributed by atoms with Crippen molar-refractivity contribution in [3.63, 3.8) is 0 Å². The van der Waals surface area contributed by atoms with Crippen LogP contribution in [0.4, 0.5) is 0 Å². The fourth-order valence-electron chi connectivity index (χ4n) is 2.05. The van der Waals surface area contributed by atoms with E-state index >= 15 is 0 Å². The van der Waals surface area contributed by atoms with E-state index in [9.17, 15) is 0 Å². The fraction of sp³-hybridized carbons (Fsp3) is 0.385. The van der Waals surface area contributed by atoms with Gasteiger partial charge in [0, 0.05) is 13.1 Å². The van der Waals surface area contributed by atoms with Crippen LogP contribution in [0.3, 0.4) is 0 Å². The summed E-state index contributed by atoms with van der Waals surface area (Å²) in [5, 5.41) is 16.3. The van der Waals surface area contributed by atoms with Crippen molar-refractivity contribution in [3.8, 4) is 11.8 Å². The smallest absolute Gasteiger partial charge is 0.137 e. The predicted octanol–water partition coefficient (Wildman–Crippen LogP) is 0.573. The zero-order valence-electron chi connectivity index (χ0n) is 10.4. The molecule has 0 aromatic carbocycles. The molecule has 1 atom stereocenters. The van der Waals surface area contributed by atoms with Gasteiger partial charge in [0.15, 0.2) is 0 Å². The Balaban J connectivity index is 1.69. The average molecular weight is 258 g/mol. The molecule has 6 nitrogen and oxygen atoms in total. The van der Waals surface area contributed by atoms with Gasteiger partial charge in [-0.15, -0.1) is 0 Å². The lowest BCUT2D eigenvalue weighted by molar-refractivity contribution is 0.0000987. The largest absolute Gasteiger partial charge is 0.489 e. The monoisotopic (exact) mass is 258 g/mol. The summed E-state index contributed by atoms with van der Waals surface area (Å²) < 4.78 is 12.9. The number of nitrogens with zero attached hydrogens (tertiary/aromatic N) is 3. The van der Waals surface area contributed by atoms with Gasteiger partial charge in [-0.1, -0.05) is 0 Å². The SMILES string of the molecule is N#Cc1cnn2cc(OCC3CNCCO3)ccc12. The van der Waals surface area contributed by atoms with Gasteiger partial charge in [-0.25, -0.2) is 4.52 Å². The number of hydrogen-bond acceptors (Lipinski definition) is 5. The number of rotatable bonds is 3. The van der Waals surface area contributed by atoms with Crippen LogP contribution in [0.2, 0.25) is 0 Å². The van der Waals surface area contributed by atoms with Crippen molar-refractivity contribution in [3.05, 3.63) is 30.1 Å². The number of hydrogen-bond donors (Lipinski definition) is 1. The molecular formula is C13H14N4O2. The predicted molar refractivity (Wildman–Crippen MR) is 68.0 cm³/mol. The van der Waals surface area contributed by atoms with Crippen molar-refractivity contribution in [2.45, 2.75) is 6.10 Å². The van der Waals surface area contributed by atoms with Crippen LogP contribution in [0.1, 0.15) is 5.56 Å². The van der Waals surface area contributed by atoms with E-state index in [-0.39, 0.29) is 6.10 Å². The quantitative estimate of drug-likeness (QED) is 0.871. The highest BCUT2D eigenvalue weighted by molar-refractivity contribution is 5.60. The minimum absolute atomic E-state index is 0.0803. The first-order valence-electron chi connectivity index (χ1n) is 6.19. The molecule has 1 N–H and O–H groups in total. The number of nitrogens with one attached hydrogen (secondary N) is 1. The average Bonchev–Trinajstić information content (AvgIpc) is 2.88. The topological polar surface area (TPSA) is 71.6 Å². The Kier molecular flexibility index (Phi) is 3.31. The molecule has 0 radical (unpaired) electrons. The van der Waals surface area contributed by atoms with Crippen LogP contribution >= 0.6 is 0 Å². The molecule has 1 saturated heterocycles. The Morgan fingerprint density at radius 1 is 1.58 bits per heavy atom. The molecule has 1 aliphatic heterocycles. The third-order valence-corrected chi connectivity index (χ3v) is 3.05. The van der Waals surface area contributed by atoms with Gasteiger partial charge in [0.05, 0.1) is 30.1 Å². The highest BCUT2D eigenvalue weighted by Gasteiger charge is 2.14. The lowest BCUT2D eigenvalue weighted by atomic mass is 10.3. The number of morpholine rings is 1. The molecule has 6 heteroatoms. The van der Waals surface area contributed by atoms with E-state index in [1.54, 1.807) is 16.9 Å². The van der Waals surface area contributed by atoms with Gasteiger partial charge >= 0.3 is 0 Å². The normalized spacial score (nSPS) is 19.2. The third kappa shape index (κ3) is 2.52. The van der Waals surface area contributed by atoms with Gasteiger partial charge in [0.1, 0.15) is 24.5 Å². The Labute approximate surface area is 110 Å². The summed E-state index contributed by atoms with van der Waals surface area (Å²) in [4.78, 5) is 0. The minimum atomic E-state index is 0.0803. The van der Waals surface area contributed by atoms with E-state index in [1.165, 1.54) is 0 Å². The maximum absolute atomic E-state index is 8.91. The number of aromatic nitrogens is 2. The van der Waals surface area contributed by atoms with E-state index in [4.69, 9.17) is 14.7 Å². The molecular weight excluding hydrogens is 244 g/mol. The molecule has 0 amide bonds. The first-order chi connectivity index (χ1) is 9.36. The first-order valence-corrected chi connectivity index (χ1v) is 6.19. The Hall–Kier alpha value is -2.10. The van der Waals surface area contributed by atoms with E-state index in [0.29, 0.717) is 17.9 Å². The van der Waals surface area contributed by atoms with Crippen LogP contribution in [0.25, 0.3) is 5.52 Å². The Bertz CT molecular complexity index is 611. The summed E-state index contributed by atoms with van der Waals surface area (Å²) in [5.74, 6) is 0.717. The molecule has 0 spiro atoms. The number of nitriles is 1. The Morgan fingerprint density at radius 2 is 2.53 bits per heavy atom. The molecule has 2 aromatic rings. The van der Waals surface area contributed by atoms with E-state index in [0.717, 1.165) is 25.2 Å². The zero-order valence-corrected chi connectivity index (χ0v) is 10.4. The number of fused-ring (bicyclic) bond motifs is 1. The second-order valence-electron chi connectivity index (χ2n) is 4.37. The van der Waals surface area contributed by atoms with E-state index in [1.807, 2.05) is 12.1 Å². The minimum Gasteiger partial charge on any atom is -0.489 e. The second kappa shape index (κ2) is 5.26. The molecule has 19 heavy (non-hydrogen) atoms. The van der Waals surface area contributed by atoms with Gasteiger partial charge in [0.25, 0.3) is 0 Å². The van der Waals surface area contributed by atoms with Crippen molar-refractivity contribution >= 4 is 5.52 Å². The first kappa shape index (κ1) is 12.0. The Morgan fingerprint density at radius 3 is 3.32 bits per heavy atom. The van der Waals surface area contributed by atoms with Gasteiger partial charge in [-0.05, 0) is 12.1 Å². The van der Waals surface area contributed by atoms with Gasteiger partial charge in [-0.3, -0.25) is 0 Å². The summed E-state index contributed by atoms with van der Waals surface area (Å²) in [6, 6.07) is 5.78. The van der Waals surface area contributed by atoms with Gasteiger partial charge < -0.3 is 14.8 Å². The number of pyridine rings is 1. The van der Waals surface area contributed by atoms with Gasteiger partial charge in [0.2, 0.25) is 0 Å². The molecule has 1 unspecified atom stereocenters. The summed E-state index contributed by atoms with van der Waals surface area (Å²) in [6.45, 7) is 2.93. The lowest BCUT2D eigenvalue weighted by Gasteiger charge is -2.23. The third-order valence-electron chi connectivity index (χ3n) is 3.05. The van der Waals surface area contributed by atoms with Gasteiger partial charge in [-0.2, -0.15) is 10.4 Å². The molecule has 0 saturated carbocycles. The van der Waals surface area contributed by atoms with E-state index < -0.39 is 0 Å². The lowest BCUT2D eigenvalue weighted by Crippen LogP contribution is -2.41. The molecule has 1 fully saturated rings. The highest BCUT2D eigenvalue weighted by atomic mass is 16.5. The van der Waals surface area contributed by atoms with Crippen LogP contribution < -0.4 is 10.1 Å². The summed E-state index contributed by atoms with van der Waals surface area (Å²) in [5.41, 5.74) is 1.34. The maximum atomic E-state index is 8.91. The molecule has 2 aromatic heterocycles. The molecule has 1 aliphatic rings. The summed E-state index contributed by atoms with van der Waals surface area (Å²) in [6.07, 6.45) is 3.40. The zero-order chi connectivity index (χ0) is 13.1. The van der Waals surface area contributed by atoms with E-state index in [2.05, 4.69) is 16.5 Å². The summed E-state index contributed by atoms with van der Waals surface area (Å²) >= 11 is 0. The molecule has 3 heterocycles. The fourth-order valence-corrected chi connectivity index (χ4v) is 2.05. The van der Waals surface area contributed by atoms with Crippen LogP contribution in [0.15, 0.2) is 24.5 Å². The van der Waals surface area contributed by atoms with Crippen molar-refractivity contribution in [1.29, 1.82) is 5.26 Å². The van der Waals surface area contributed by atoms with Crippen molar-refractivity contribution in [1.82, 2.24) is 14.9 Å². The number of ether oxygens (including phenoxy) is 2. The highest BCUT2D eigenvalue weighted by Crippen LogP contribution is 2.16. The standard InChI is InChI=1S/C13H14N4O2/c14-5-10-6-16-17-8-11(1-2-13(10)17)19-9-12-7-15-3-4-18-12/h1-2,6,8,12,15H,3-4,7,9H2. The van der Waals surface area contributed by atoms with Crippen LogP contribution in [-0.2, 0) is 4.74 Å². The van der Waals surface area contributed by atoms with Crippen molar-refractivity contribution < 1.29 is 9.47 Å². The summed E-state index contributed by atoms with van der Waals surface area (Å²) in [7, 11) is 0. The van der Waals surface area contributed by atoms with Crippen molar-refractivity contribution in [2.24, 2.45) is 0 Å². The second-order valence-corrected chi connectivity index (χ2v) is 4.37.